The van der Waals surface area contributed by atoms with Crippen LogP contribution in [0.5, 0.6) is 0 Å². The van der Waals surface area contributed by atoms with Gasteiger partial charge in [-0.25, -0.2) is 0 Å². The van der Waals surface area contributed by atoms with Gasteiger partial charge in [0.2, 0.25) is 0 Å². The highest BCUT2D eigenvalue weighted by atomic mass is 32.2. The van der Waals surface area contributed by atoms with Gasteiger partial charge in [-0.15, -0.1) is 11.8 Å². The van der Waals surface area contributed by atoms with Crippen molar-refractivity contribution < 1.29 is 5.11 Å². The first-order valence-corrected chi connectivity index (χ1v) is 7.19. The predicted molar refractivity (Wildman–Crippen MR) is 75.2 cm³/mol. The topological polar surface area (TPSA) is 23.5 Å². The summed E-state index contributed by atoms with van der Waals surface area (Å²) in [4.78, 5) is 3.78. The van der Waals surface area contributed by atoms with Gasteiger partial charge in [0.15, 0.2) is 0 Å². The van der Waals surface area contributed by atoms with E-state index in [1.54, 1.807) is 0 Å². The Bertz CT molecular complexity index is 405. The van der Waals surface area contributed by atoms with Crippen LogP contribution in [0, 0.1) is 13.8 Å². The zero-order valence-electron chi connectivity index (χ0n) is 10.9. The lowest BCUT2D eigenvalue weighted by Gasteiger charge is -2.36. The number of benzene rings is 1. The minimum Gasteiger partial charge on any atom is -0.396 e. The van der Waals surface area contributed by atoms with Crippen LogP contribution < -0.4 is 4.90 Å². The van der Waals surface area contributed by atoms with Crippen LogP contribution in [-0.4, -0.2) is 30.6 Å². The van der Waals surface area contributed by atoms with Gasteiger partial charge in [-0.1, -0.05) is 0 Å². The number of aliphatic hydroxyl groups excluding tert-OH is 1. The molecule has 1 aliphatic rings. The third kappa shape index (κ3) is 2.61. The zero-order valence-corrected chi connectivity index (χ0v) is 11.7. The van der Waals surface area contributed by atoms with Crippen LogP contribution >= 0.6 is 11.8 Å². The minimum absolute atomic E-state index is 0.300. The molecule has 1 aromatic carbocycles. The Hall–Kier alpha value is -0.670. The maximum absolute atomic E-state index is 8.93. The Morgan fingerprint density at radius 3 is 2.76 bits per heavy atom. The standard InChI is InChI=1S/C14H21NOS/c1-10-7-13-14(8-11(10)2)17-9-12(15(13)3)5-4-6-16/h7-8,12,16H,4-6,9H2,1-3H3. The Balaban J connectivity index is 2.22. The molecule has 1 aromatic rings. The molecule has 0 saturated heterocycles. The molecule has 1 unspecified atom stereocenters. The van der Waals surface area contributed by atoms with E-state index >= 15 is 0 Å². The van der Waals surface area contributed by atoms with Crippen LogP contribution in [0.25, 0.3) is 0 Å². The van der Waals surface area contributed by atoms with E-state index in [2.05, 4.69) is 37.9 Å². The number of rotatable bonds is 3. The van der Waals surface area contributed by atoms with Gasteiger partial charge in [0.1, 0.15) is 0 Å². The van der Waals surface area contributed by atoms with Gasteiger partial charge in [0, 0.05) is 30.3 Å². The third-order valence-corrected chi connectivity index (χ3v) is 4.82. The highest BCUT2D eigenvalue weighted by Gasteiger charge is 2.23. The first-order valence-electron chi connectivity index (χ1n) is 6.21. The minimum atomic E-state index is 0.300. The molecule has 2 nitrogen and oxygen atoms in total. The molecule has 0 saturated carbocycles. The number of aryl methyl sites for hydroxylation is 2. The van der Waals surface area contributed by atoms with Crippen LogP contribution in [-0.2, 0) is 0 Å². The van der Waals surface area contributed by atoms with Crippen LogP contribution in [0.4, 0.5) is 5.69 Å². The Labute approximate surface area is 108 Å². The SMILES string of the molecule is Cc1cc2c(cc1C)N(C)C(CCCO)CS2. The fourth-order valence-corrected chi connectivity index (χ4v) is 3.64. The average molecular weight is 251 g/mol. The van der Waals surface area contributed by atoms with Gasteiger partial charge in [-0.2, -0.15) is 0 Å². The summed E-state index contributed by atoms with van der Waals surface area (Å²) in [6.07, 6.45) is 1.97. The second kappa shape index (κ2) is 5.32. The molecule has 1 N–H and O–H groups in total. The molecule has 17 heavy (non-hydrogen) atoms. The van der Waals surface area contributed by atoms with Crippen LogP contribution in [0.1, 0.15) is 24.0 Å². The summed E-state index contributed by atoms with van der Waals surface area (Å²) in [6.45, 7) is 4.65. The maximum Gasteiger partial charge on any atom is 0.0507 e. The molecule has 0 aromatic heterocycles. The Morgan fingerprint density at radius 2 is 2.06 bits per heavy atom. The summed E-state index contributed by atoms with van der Waals surface area (Å²) in [7, 11) is 2.18. The van der Waals surface area contributed by atoms with Crippen molar-refractivity contribution >= 4 is 17.4 Å². The molecule has 0 bridgehead atoms. The second-order valence-corrected chi connectivity index (χ2v) is 5.91. The summed E-state index contributed by atoms with van der Waals surface area (Å²) in [5.74, 6) is 1.13. The highest BCUT2D eigenvalue weighted by molar-refractivity contribution is 7.99. The molecule has 0 fully saturated rings. The van der Waals surface area contributed by atoms with Crippen molar-refractivity contribution in [2.24, 2.45) is 0 Å². The van der Waals surface area contributed by atoms with Gasteiger partial charge < -0.3 is 10.0 Å². The quantitative estimate of drug-likeness (QED) is 0.893. The van der Waals surface area contributed by atoms with Gasteiger partial charge in [0.05, 0.1) is 5.69 Å². The molecule has 94 valence electrons. The maximum atomic E-state index is 8.93. The van der Waals surface area contributed by atoms with Crippen molar-refractivity contribution in [2.45, 2.75) is 37.6 Å². The molecule has 0 aliphatic carbocycles. The smallest absolute Gasteiger partial charge is 0.0507 e. The molecular weight excluding hydrogens is 230 g/mol. The van der Waals surface area contributed by atoms with Gasteiger partial charge in [-0.05, 0) is 49.9 Å². The molecule has 0 amide bonds. The van der Waals surface area contributed by atoms with Crippen molar-refractivity contribution in [3.63, 3.8) is 0 Å². The van der Waals surface area contributed by atoms with Gasteiger partial charge in [0.25, 0.3) is 0 Å². The van der Waals surface area contributed by atoms with Crippen molar-refractivity contribution in [1.29, 1.82) is 0 Å². The normalized spacial score (nSPS) is 19.3. The third-order valence-electron chi connectivity index (χ3n) is 3.63. The van der Waals surface area contributed by atoms with E-state index in [4.69, 9.17) is 5.11 Å². The van der Waals surface area contributed by atoms with E-state index in [0.29, 0.717) is 12.6 Å². The number of thioether (sulfide) groups is 1. The molecule has 0 spiro atoms. The van der Waals surface area contributed by atoms with Crippen molar-refractivity contribution in [1.82, 2.24) is 0 Å². The lowest BCUT2D eigenvalue weighted by atomic mass is 10.1. The fourth-order valence-electron chi connectivity index (χ4n) is 2.26. The Morgan fingerprint density at radius 1 is 1.35 bits per heavy atom. The monoisotopic (exact) mass is 251 g/mol. The van der Waals surface area contributed by atoms with E-state index in [9.17, 15) is 0 Å². The first-order chi connectivity index (χ1) is 8.13. The second-order valence-electron chi connectivity index (χ2n) is 4.85. The largest absolute Gasteiger partial charge is 0.396 e. The van der Waals surface area contributed by atoms with Gasteiger partial charge in [-0.3, -0.25) is 0 Å². The molecular formula is C14H21NOS. The molecule has 0 radical (unpaired) electrons. The molecule has 1 aliphatic heterocycles. The summed E-state index contributed by atoms with van der Waals surface area (Å²) >= 11 is 1.95. The molecule has 2 rings (SSSR count). The lowest BCUT2D eigenvalue weighted by molar-refractivity contribution is 0.280. The van der Waals surface area contributed by atoms with Crippen LogP contribution in [0.3, 0.4) is 0 Å². The Kier molecular flexibility index (Phi) is 4.00. The number of fused-ring (bicyclic) bond motifs is 1. The summed E-state index contributed by atoms with van der Waals surface area (Å²) in [5, 5.41) is 8.93. The first kappa shape index (κ1) is 12.8. The van der Waals surface area contributed by atoms with Crippen LogP contribution in [0.15, 0.2) is 17.0 Å². The zero-order chi connectivity index (χ0) is 12.4. The predicted octanol–water partition coefficient (Wildman–Crippen LogP) is 2.99. The van der Waals surface area contributed by atoms with E-state index in [1.807, 2.05) is 11.8 Å². The van der Waals surface area contributed by atoms with E-state index in [1.165, 1.54) is 21.7 Å². The average Bonchev–Trinajstić information content (AvgIpc) is 2.31. The number of hydrogen-bond acceptors (Lipinski definition) is 3. The molecule has 1 atom stereocenters. The highest BCUT2D eigenvalue weighted by Crippen LogP contribution is 2.39. The summed E-state index contributed by atoms with van der Waals surface area (Å²) in [5.41, 5.74) is 4.09. The van der Waals surface area contributed by atoms with Crippen molar-refractivity contribution in [3.8, 4) is 0 Å². The van der Waals surface area contributed by atoms with Crippen molar-refractivity contribution in [2.75, 3.05) is 24.3 Å². The lowest BCUT2D eigenvalue weighted by Crippen LogP contribution is -2.36. The number of hydrogen-bond donors (Lipinski definition) is 1. The summed E-state index contributed by atoms with van der Waals surface area (Å²) in [6, 6.07) is 5.15. The van der Waals surface area contributed by atoms with E-state index in [-0.39, 0.29) is 0 Å². The molecule has 3 heteroatoms. The summed E-state index contributed by atoms with van der Waals surface area (Å²) < 4.78 is 0. The fraction of sp³-hybridized carbons (Fsp3) is 0.571. The molecule has 1 heterocycles. The van der Waals surface area contributed by atoms with Gasteiger partial charge >= 0.3 is 0 Å². The van der Waals surface area contributed by atoms with E-state index < -0.39 is 0 Å². The van der Waals surface area contributed by atoms with E-state index in [0.717, 1.165) is 18.6 Å². The van der Waals surface area contributed by atoms with Crippen LogP contribution in [0.2, 0.25) is 0 Å². The number of nitrogens with zero attached hydrogens (tertiary/aromatic N) is 1. The number of aliphatic hydroxyl groups is 1. The van der Waals surface area contributed by atoms with Crippen molar-refractivity contribution in [3.05, 3.63) is 23.3 Å². The number of anilines is 1.